The number of hydrogen-bond acceptors (Lipinski definition) is 4. The molecule has 0 saturated heterocycles. The van der Waals surface area contributed by atoms with E-state index in [0.717, 1.165) is 12.0 Å². The lowest BCUT2D eigenvalue weighted by molar-refractivity contribution is 0.0799. The molecule has 0 atom stereocenters. The number of amides is 1. The molecule has 0 radical (unpaired) electrons. The summed E-state index contributed by atoms with van der Waals surface area (Å²) in [6.45, 7) is 3.90. The predicted molar refractivity (Wildman–Crippen MR) is 65.6 cm³/mol. The number of nitrogens with zero attached hydrogens (tertiary/aromatic N) is 3. The fraction of sp³-hybridized carbons (Fsp3) is 0.417. The van der Waals surface area contributed by atoms with E-state index in [1.54, 1.807) is 0 Å². The Bertz CT molecular complexity index is 477. The van der Waals surface area contributed by atoms with Crippen molar-refractivity contribution in [1.29, 1.82) is 10.5 Å². The van der Waals surface area contributed by atoms with E-state index in [4.69, 9.17) is 10.5 Å². The SMILES string of the molecule is CCc1sc(C(=O)N(CC#N)CC#N)cc1C. The van der Waals surface area contributed by atoms with Crippen molar-refractivity contribution in [2.45, 2.75) is 20.3 Å². The van der Waals surface area contributed by atoms with Gasteiger partial charge in [0.15, 0.2) is 0 Å². The highest BCUT2D eigenvalue weighted by atomic mass is 32.1. The van der Waals surface area contributed by atoms with E-state index < -0.39 is 0 Å². The van der Waals surface area contributed by atoms with Gasteiger partial charge in [0.2, 0.25) is 0 Å². The van der Waals surface area contributed by atoms with Crippen LogP contribution in [0.4, 0.5) is 0 Å². The Morgan fingerprint density at radius 2 is 2.00 bits per heavy atom. The monoisotopic (exact) mass is 247 g/mol. The number of hydrogen-bond donors (Lipinski definition) is 0. The Balaban J connectivity index is 2.94. The van der Waals surface area contributed by atoms with Crippen LogP contribution >= 0.6 is 11.3 Å². The zero-order valence-electron chi connectivity index (χ0n) is 9.86. The van der Waals surface area contributed by atoms with Crippen molar-refractivity contribution in [1.82, 2.24) is 4.90 Å². The van der Waals surface area contributed by atoms with Gasteiger partial charge in [0.05, 0.1) is 17.0 Å². The number of thiophene rings is 1. The van der Waals surface area contributed by atoms with Crippen molar-refractivity contribution < 1.29 is 4.79 Å². The molecule has 1 heterocycles. The van der Waals surface area contributed by atoms with Gasteiger partial charge in [0.1, 0.15) is 13.1 Å². The quantitative estimate of drug-likeness (QED) is 0.765. The fourth-order valence-corrected chi connectivity index (χ4v) is 2.58. The summed E-state index contributed by atoms with van der Waals surface area (Å²) in [6.07, 6.45) is 0.889. The average Bonchev–Trinajstić information content (AvgIpc) is 2.69. The van der Waals surface area contributed by atoms with E-state index in [2.05, 4.69) is 0 Å². The number of rotatable bonds is 4. The lowest BCUT2D eigenvalue weighted by Gasteiger charge is -2.14. The first-order chi connectivity index (χ1) is 8.13. The minimum atomic E-state index is -0.235. The largest absolute Gasteiger partial charge is 0.311 e. The summed E-state index contributed by atoms with van der Waals surface area (Å²) in [6, 6.07) is 5.62. The van der Waals surface area contributed by atoms with Gasteiger partial charge < -0.3 is 4.90 Å². The van der Waals surface area contributed by atoms with Crippen molar-refractivity contribution in [3.63, 3.8) is 0 Å². The maximum Gasteiger partial charge on any atom is 0.265 e. The second-order valence-corrected chi connectivity index (χ2v) is 4.68. The Hall–Kier alpha value is -1.85. The van der Waals surface area contributed by atoms with Crippen molar-refractivity contribution >= 4 is 17.2 Å². The van der Waals surface area contributed by atoms with Crippen molar-refractivity contribution in [2.75, 3.05) is 13.1 Å². The predicted octanol–water partition coefficient (Wildman–Crippen LogP) is 2.11. The van der Waals surface area contributed by atoms with E-state index >= 15 is 0 Å². The van der Waals surface area contributed by atoms with E-state index in [1.165, 1.54) is 21.1 Å². The second-order valence-electron chi connectivity index (χ2n) is 3.55. The molecule has 17 heavy (non-hydrogen) atoms. The zero-order valence-corrected chi connectivity index (χ0v) is 10.7. The summed E-state index contributed by atoms with van der Waals surface area (Å²) in [5, 5.41) is 17.2. The van der Waals surface area contributed by atoms with Gasteiger partial charge in [-0.15, -0.1) is 11.3 Å². The molecule has 0 aliphatic carbocycles. The highest BCUT2D eigenvalue weighted by molar-refractivity contribution is 7.14. The number of carbonyl (C=O) groups excluding carboxylic acids is 1. The van der Waals surface area contributed by atoms with Crippen LogP contribution < -0.4 is 0 Å². The molecule has 0 aliphatic heterocycles. The van der Waals surface area contributed by atoms with Crippen LogP contribution in [-0.2, 0) is 6.42 Å². The molecule has 5 heteroatoms. The van der Waals surface area contributed by atoms with Crippen LogP contribution in [0.15, 0.2) is 6.07 Å². The molecule has 0 saturated carbocycles. The van der Waals surface area contributed by atoms with Crippen LogP contribution in [0.3, 0.4) is 0 Å². The molecule has 0 unspecified atom stereocenters. The van der Waals surface area contributed by atoms with Crippen molar-refractivity contribution in [3.05, 3.63) is 21.4 Å². The first kappa shape index (κ1) is 13.2. The highest BCUT2D eigenvalue weighted by Crippen LogP contribution is 2.23. The van der Waals surface area contributed by atoms with Gasteiger partial charge in [0.25, 0.3) is 5.91 Å². The zero-order chi connectivity index (χ0) is 12.8. The summed E-state index contributed by atoms with van der Waals surface area (Å²) in [7, 11) is 0. The molecular formula is C12H13N3OS. The third-order valence-corrected chi connectivity index (χ3v) is 3.73. The van der Waals surface area contributed by atoms with Gasteiger partial charge in [-0.2, -0.15) is 10.5 Å². The summed E-state index contributed by atoms with van der Waals surface area (Å²) >= 11 is 1.44. The van der Waals surface area contributed by atoms with Gasteiger partial charge in [-0.05, 0) is 25.0 Å². The maximum absolute atomic E-state index is 12.0. The average molecular weight is 247 g/mol. The summed E-state index contributed by atoms with van der Waals surface area (Å²) in [4.78, 5) is 15.1. The number of nitriles is 2. The van der Waals surface area contributed by atoms with Crippen LogP contribution in [0, 0.1) is 29.6 Å². The lowest BCUT2D eigenvalue weighted by atomic mass is 10.2. The molecule has 0 fully saturated rings. The summed E-state index contributed by atoms with van der Waals surface area (Å²) < 4.78 is 0. The Morgan fingerprint density at radius 3 is 2.41 bits per heavy atom. The summed E-state index contributed by atoms with van der Waals surface area (Å²) in [5.41, 5.74) is 1.09. The van der Waals surface area contributed by atoms with Crippen LogP contribution in [0.1, 0.15) is 27.0 Å². The number of carbonyl (C=O) groups is 1. The molecule has 1 aromatic heterocycles. The third kappa shape index (κ3) is 3.05. The second kappa shape index (κ2) is 6.03. The Morgan fingerprint density at radius 1 is 1.41 bits per heavy atom. The van der Waals surface area contributed by atoms with Crippen LogP contribution in [0.25, 0.3) is 0 Å². The summed E-state index contributed by atoms with van der Waals surface area (Å²) in [5.74, 6) is -0.235. The molecular weight excluding hydrogens is 234 g/mol. The molecule has 0 aromatic carbocycles. The van der Waals surface area contributed by atoms with Gasteiger partial charge in [-0.25, -0.2) is 0 Å². The van der Waals surface area contributed by atoms with Gasteiger partial charge in [-0.1, -0.05) is 6.92 Å². The highest BCUT2D eigenvalue weighted by Gasteiger charge is 2.18. The van der Waals surface area contributed by atoms with Crippen LogP contribution in [0.2, 0.25) is 0 Å². The smallest absolute Gasteiger partial charge is 0.265 e. The van der Waals surface area contributed by atoms with Crippen molar-refractivity contribution in [3.8, 4) is 12.1 Å². The maximum atomic E-state index is 12.0. The van der Waals surface area contributed by atoms with Crippen molar-refractivity contribution in [2.24, 2.45) is 0 Å². The fourth-order valence-electron chi connectivity index (χ4n) is 1.50. The third-order valence-electron chi connectivity index (χ3n) is 2.36. The first-order valence-corrected chi connectivity index (χ1v) is 6.08. The lowest BCUT2D eigenvalue weighted by Crippen LogP contribution is -2.31. The van der Waals surface area contributed by atoms with Crippen LogP contribution in [0.5, 0.6) is 0 Å². The molecule has 0 aliphatic rings. The minimum Gasteiger partial charge on any atom is -0.311 e. The number of aryl methyl sites for hydroxylation is 2. The molecule has 0 N–H and O–H groups in total. The normalized spacial score (nSPS) is 9.41. The minimum absolute atomic E-state index is 0.0508. The molecule has 1 aromatic rings. The van der Waals surface area contributed by atoms with E-state index in [0.29, 0.717) is 4.88 Å². The van der Waals surface area contributed by atoms with Gasteiger partial charge in [-0.3, -0.25) is 4.79 Å². The van der Waals surface area contributed by atoms with Gasteiger partial charge in [0, 0.05) is 4.88 Å². The Kier molecular flexibility index (Phi) is 4.68. The van der Waals surface area contributed by atoms with Gasteiger partial charge >= 0.3 is 0 Å². The van der Waals surface area contributed by atoms with E-state index in [9.17, 15) is 4.79 Å². The topological polar surface area (TPSA) is 67.9 Å². The molecule has 1 amide bonds. The molecule has 0 bridgehead atoms. The van der Waals surface area contributed by atoms with E-state index in [1.807, 2.05) is 32.1 Å². The molecule has 1 rings (SSSR count). The van der Waals surface area contributed by atoms with Crippen LogP contribution in [-0.4, -0.2) is 23.9 Å². The molecule has 88 valence electrons. The van der Waals surface area contributed by atoms with E-state index in [-0.39, 0.29) is 19.0 Å². The standard InChI is InChI=1S/C12H13N3OS/c1-3-10-9(2)8-11(17-10)12(16)15(6-4-13)7-5-14/h8H,3,6-7H2,1-2H3. The Labute approximate surface area is 105 Å². The molecule has 0 spiro atoms. The first-order valence-electron chi connectivity index (χ1n) is 5.26. The molecule has 4 nitrogen and oxygen atoms in total.